The van der Waals surface area contributed by atoms with Crippen LogP contribution >= 0.6 is 0 Å². The molecule has 17 nitrogen and oxygen atoms in total. The summed E-state index contributed by atoms with van der Waals surface area (Å²) < 4.78 is 45.9. The number of urea groups is 1. The number of hydrogen-bond acceptors (Lipinski definition) is 10. The van der Waals surface area contributed by atoms with E-state index >= 15 is 0 Å². The molecule has 0 aromatic carbocycles. The summed E-state index contributed by atoms with van der Waals surface area (Å²) in [5.41, 5.74) is 0.805. The van der Waals surface area contributed by atoms with Crippen molar-refractivity contribution < 1.29 is 50.7 Å². The van der Waals surface area contributed by atoms with Gasteiger partial charge in [-0.25, -0.2) is 19.9 Å². The highest BCUT2D eigenvalue weighted by Gasteiger charge is 2.49. The quantitative estimate of drug-likeness (QED) is 0.175. The van der Waals surface area contributed by atoms with Crippen LogP contribution in [0.25, 0.3) is 0 Å². The van der Waals surface area contributed by atoms with Crippen LogP contribution in [0.5, 0.6) is 0 Å². The van der Waals surface area contributed by atoms with Crippen molar-refractivity contribution in [2.45, 2.75) is 96.6 Å². The third-order valence-corrected chi connectivity index (χ3v) is 6.42. The zero-order chi connectivity index (χ0) is 30.8. The molecule has 3 fully saturated rings. The molecule has 3 aliphatic heterocycles. The van der Waals surface area contributed by atoms with Crippen molar-refractivity contribution in [1.29, 1.82) is 0 Å². The Bertz CT molecular complexity index is 1160. The Morgan fingerprint density at radius 1 is 0.976 bits per heavy atom. The van der Waals surface area contributed by atoms with Gasteiger partial charge in [-0.1, -0.05) is 0 Å². The zero-order valence-electron chi connectivity index (χ0n) is 23.9. The van der Waals surface area contributed by atoms with Crippen LogP contribution < -0.4 is 10.8 Å². The highest BCUT2D eigenvalue weighted by atomic mass is 32.3. The lowest BCUT2D eigenvalue weighted by Gasteiger charge is -2.34. The van der Waals surface area contributed by atoms with Gasteiger partial charge in [0.1, 0.15) is 17.2 Å². The summed E-state index contributed by atoms with van der Waals surface area (Å²) in [6.07, 6.45) is -0.832. The third kappa shape index (κ3) is 9.68. The Hall–Kier alpha value is -3.22. The second-order valence-electron chi connectivity index (χ2n) is 11.8. The van der Waals surface area contributed by atoms with E-state index in [1.165, 1.54) is 0 Å². The van der Waals surface area contributed by atoms with Crippen molar-refractivity contribution in [3.05, 3.63) is 0 Å². The first-order chi connectivity index (χ1) is 18.8. The van der Waals surface area contributed by atoms with Crippen molar-refractivity contribution in [3.8, 4) is 0 Å². The number of likely N-dealkylation sites (tertiary alicyclic amines) is 1. The van der Waals surface area contributed by atoms with Crippen LogP contribution in [0.4, 0.5) is 14.4 Å². The molecule has 0 aliphatic carbocycles. The fourth-order valence-electron chi connectivity index (χ4n) is 4.44. The minimum Gasteiger partial charge on any atom is -0.444 e. The molecular weight excluding hydrogens is 568 g/mol. The standard InChI is InChI=1S/C23H38N6O11S/c1-22(2,3)37-19(31)24-18(25-20(32)38-23(4,5)6)27-11-9-15(10-12-27)39-26-17(30)16-8-7-14-13-28(16)21(33)29(14)40-41(34,35)36/h14-16H,7-13H2,1-6H3,(H,26,30)(H,34,35,36)(H,24,25,31,32)/t14-,16-/m0/s1. The Labute approximate surface area is 238 Å². The van der Waals surface area contributed by atoms with Gasteiger partial charge >= 0.3 is 28.6 Å². The molecule has 2 atom stereocenters. The lowest BCUT2D eigenvalue weighted by molar-refractivity contribution is -0.145. The van der Waals surface area contributed by atoms with Gasteiger partial charge < -0.3 is 19.3 Å². The number of ether oxygens (including phenoxy) is 2. The molecule has 0 aromatic rings. The van der Waals surface area contributed by atoms with Gasteiger partial charge in [0.25, 0.3) is 5.91 Å². The molecule has 18 heteroatoms. The molecule has 2 bridgehead atoms. The van der Waals surface area contributed by atoms with Crippen LogP contribution in [0, 0.1) is 0 Å². The summed E-state index contributed by atoms with van der Waals surface area (Å²) in [7, 11) is -4.90. The smallest absolute Gasteiger partial charge is 0.437 e. The normalized spacial score (nSPS) is 22.5. The Morgan fingerprint density at radius 3 is 2.15 bits per heavy atom. The first-order valence-corrected chi connectivity index (χ1v) is 14.5. The number of amides is 5. The first-order valence-electron chi connectivity index (χ1n) is 13.1. The van der Waals surface area contributed by atoms with E-state index in [-0.39, 0.29) is 25.3 Å². The van der Waals surface area contributed by atoms with E-state index in [2.05, 4.69) is 20.1 Å². The van der Waals surface area contributed by atoms with Gasteiger partial charge in [-0.15, -0.1) is 9.28 Å². The third-order valence-electron chi connectivity index (χ3n) is 6.07. The maximum absolute atomic E-state index is 12.8. The lowest BCUT2D eigenvalue weighted by atomic mass is 10.0. The molecule has 0 saturated carbocycles. The predicted octanol–water partition coefficient (Wildman–Crippen LogP) is 1.32. The largest absolute Gasteiger partial charge is 0.444 e. The van der Waals surface area contributed by atoms with E-state index in [1.807, 2.05) is 0 Å². The maximum atomic E-state index is 12.8. The van der Waals surface area contributed by atoms with Crippen LogP contribution in [0.3, 0.4) is 0 Å². The van der Waals surface area contributed by atoms with Gasteiger partial charge in [0, 0.05) is 19.6 Å². The van der Waals surface area contributed by atoms with Crippen LogP contribution in [-0.4, -0.2) is 107 Å². The summed E-state index contributed by atoms with van der Waals surface area (Å²) in [5, 5.41) is 3.06. The fraction of sp³-hybridized carbons (Fsp3) is 0.783. The molecule has 3 rings (SSSR count). The number of fused-ring (bicyclic) bond motifs is 2. The van der Waals surface area contributed by atoms with Crippen LogP contribution in [0.1, 0.15) is 67.2 Å². The average Bonchev–Trinajstić information content (AvgIpc) is 3.03. The molecule has 232 valence electrons. The molecular formula is C23H38N6O11S. The molecule has 3 aliphatic rings. The summed E-state index contributed by atoms with van der Waals surface area (Å²) in [5.74, 6) is -0.635. The van der Waals surface area contributed by atoms with E-state index in [1.54, 1.807) is 46.4 Å². The van der Waals surface area contributed by atoms with Gasteiger partial charge in [-0.05, 0) is 67.2 Å². The summed E-state index contributed by atoms with van der Waals surface area (Å²) in [6.45, 7) is 10.8. The topological polar surface area (TPSA) is 206 Å². The average molecular weight is 607 g/mol. The van der Waals surface area contributed by atoms with E-state index in [0.29, 0.717) is 31.0 Å². The number of carbonyl (C=O) groups excluding carboxylic acids is 4. The lowest BCUT2D eigenvalue weighted by Crippen LogP contribution is -2.52. The summed E-state index contributed by atoms with van der Waals surface area (Å²) in [6, 6.07) is -2.39. The molecule has 3 N–H and O–H groups in total. The molecule has 0 radical (unpaired) electrons. The van der Waals surface area contributed by atoms with Gasteiger partial charge in [0.05, 0.1) is 12.1 Å². The number of hydroxylamine groups is 3. The van der Waals surface area contributed by atoms with Gasteiger partial charge in [0.2, 0.25) is 5.96 Å². The summed E-state index contributed by atoms with van der Waals surface area (Å²) >= 11 is 0. The minimum absolute atomic E-state index is 0.0445. The fourth-order valence-corrected chi connectivity index (χ4v) is 4.83. The van der Waals surface area contributed by atoms with Crippen molar-refractivity contribution >= 4 is 40.5 Å². The number of aliphatic imine (C=N–C) groups is 1. The van der Waals surface area contributed by atoms with Gasteiger partial charge in [-0.2, -0.15) is 13.5 Å². The number of hydrogen-bond donors (Lipinski definition) is 3. The molecule has 3 heterocycles. The number of alkyl carbamates (subject to hydrolysis) is 1. The number of carbonyl (C=O) groups is 4. The predicted molar refractivity (Wildman–Crippen MR) is 140 cm³/mol. The second kappa shape index (κ2) is 12.3. The maximum Gasteiger partial charge on any atom is 0.437 e. The monoisotopic (exact) mass is 606 g/mol. The van der Waals surface area contributed by atoms with Crippen LogP contribution in [-0.2, 0) is 33.8 Å². The molecule has 0 spiro atoms. The van der Waals surface area contributed by atoms with E-state index in [9.17, 15) is 27.6 Å². The molecule has 0 aromatic heterocycles. The number of piperidine rings is 2. The van der Waals surface area contributed by atoms with Gasteiger partial charge in [-0.3, -0.25) is 19.5 Å². The first kappa shape index (κ1) is 32.3. The number of nitrogens with one attached hydrogen (secondary N) is 2. The highest BCUT2D eigenvalue weighted by molar-refractivity contribution is 7.80. The molecule has 0 unspecified atom stereocenters. The highest BCUT2D eigenvalue weighted by Crippen LogP contribution is 2.30. The number of guanidine groups is 1. The van der Waals surface area contributed by atoms with Crippen molar-refractivity contribution in [1.82, 2.24) is 25.7 Å². The van der Waals surface area contributed by atoms with Crippen LogP contribution in [0.15, 0.2) is 4.99 Å². The van der Waals surface area contributed by atoms with Crippen molar-refractivity contribution in [3.63, 3.8) is 0 Å². The molecule has 41 heavy (non-hydrogen) atoms. The van der Waals surface area contributed by atoms with Gasteiger partial charge in [0.15, 0.2) is 0 Å². The molecule has 5 amide bonds. The Morgan fingerprint density at radius 2 is 1.59 bits per heavy atom. The zero-order valence-corrected chi connectivity index (χ0v) is 24.7. The second-order valence-corrected chi connectivity index (χ2v) is 12.8. The van der Waals surface area contributed by atoms with Crippen molar-refractivity contribution in [2.24, 2.45) is 4.99 Å². The Kier molecular flexibility index (Phi) is 9.72. The Balaban J connectivity index is 1.55. The van der Waals surface area contributed by atoms with Crippen LogP contribution in [0.2, 0.25) is 0 Å². The van der Waals surface area contributed by atoms with Crippen molar-refractivity contribution in [2.75, 3.05) is 19.6 Å². The molecule has 3 saturated heterocycles. The van der Waals surface area contributed by atoms with E-state index in [0.717, 1.165) is 4.90 Å². The summed E-state index contributed by atoms with van der Waals surface area (Å²) in [4.78, 5) is 62.4. The minimum atomic E-state index is -4.90. The SMILES string of the molecule is CC(C)(C)OC(=O)N=C(NC(=O)OC(C)(C)C)N1CCC(ONC(=O)[C@@H]2CC[C@H]3CN2C(=O)N3OS(=O)(=O)O)CC1. The number of nitrogens with zero attached hydrogens (tertiary/aromatic N) is 4. The van der Waals surface area contributed by atoms with E-state index < -0.39 is 63.9 Å². The van der Waals surface area contributed by atoms with E-state index in [4.69, 9.17) is 18.9 Å². The number of rotatable bonds is 5.